The van der Waals surface area contributed by atoms with E-state index >= 15 is 0 Å². The molecule has 0 unspecified atom stereocenters. The van der Waals surface area contributed by atoms with E-state index < -0.39 is 11.3 Å². The molecule has 1 atom stereocenters. The summed E-state index contributed by atoms with van der Waals surface area (Å²) in [6.45, 7) is 5.58. The van der Waals surface area contributed by atoms with Gasteiger partial charge in [-0.05, 0) is 38.6 Å². The fourth-order valence-electron chi connectivity index (χ4n) is 1.35. The van der Waals surface area contributed by atoms with Crippen LogP contribution in [0.3, 0.4) is 0 Å². The Labute approximate surface area is 108 Å². The zero-order chi connectivity index (χ0) is 13.1. The second kappa shape index (κ2) is 5.12. The van der Waals surface area contributed by atoms with Crippen molar-refractivity contribution in [3.8, 4) is 0 Å². The topological polar surface area (TPSA) is 55.5 Å². The van der Waals surface area contributed by atoms with Crippen LogP contribution in [0.2, 0.25) is 0 Å². The Morgan fingerprint density at radius 1 is 1.29 bits per heavy atom. The van der Waals surface area contributed by atoms with E-state index in [-0.39, 0.29) is 11.5 Å². The van der Waals surface area contributed by atoms with Crippen molar-refractivity contribution in [2.75, 3.05) is 0 Å². The first-order valence-corrected chi connectivity index (χ1v) is 5.90. The summed E-state index contributed by atoms with van der Waals surface area (Å²) < 4.78 is 5.43. The van der Waals surface area contributed by atoms with Gasteiger partial charge in [-0.2, -0.15) is 0 Å². The average Bonchev–Trinajstić information content (AvgIpc) is 2.15. The first-order chi connectivity index (χ1) is 7.71. The van der Waals surface area contributed by atoms with Crippen molar-refractivity contribution >= 4 is 17.3 Å². The largest absolute Gasteiger partial charge is 0.478 e. The van der Waals surface area contributed by atoms with Crippen molar-refractivity contribution in [3.05, 3.63) is 35.9 Å². The Morgan fingerprint density at radius 2 is 1.82 bits per heavy atom. The van der Waals surface area contributed by atoms with Gasteiger partial charge in [-0.1, -0.05) is 30.3 Å². The van der Waals surface area contributed by atoms with Gasteiger partial charge < -0.3 is 9.84 Å². The molecule has 0 aromatic heterocycles. The van der Waals surface area contributed by atoms with E-state index in [2.05, 4.69) is 0 Å². The lowest BCUT2D eigenvalue weighted by Crippen LogP contribution is -2.51. The summed E-state index contributed by atoms with van der Waals surface area (Å²) in [5, 5.41) is 10.1. The van der Waals surface area contributed by atoms with Crippen LogP contribution >= 0.6 is 12.2 Å². The monoisotopic (exact) mass is 253 g/mol. The predicted octanol–water partition coefficient (Wildman–Crippen LogP) is 2.02. The zero-order valence-electron chi connectivity index (χ0n) is 10.4. The number of thiocarbonyl (C=S) groups is 1. The van der Waals surface area contributed by atoms with E-state index in [0.717, 1.165) is 5.56 Å². The molecule has 3 nitrogen and oxygen atoms in total. The standard InChI is InChI=1S/C13H19NO2S/c1-12(2,3)16-11(17)13(14,15)9-10-7-5-4-6-8-10/h4-8,15H,9,14H2,1-3H3/t13-/m1/s1. The summed E-state index contributed by atoms with van der Waals surface area (Å²) >= 11 is 5.04. The van der Waals surface area contributed by atoms with Gasteiger partial charge in [-0.3, -0.25) is 5.73 Å². The van der Waals surface area contributed by atoms with E-state index in [1.165, 1.54) is 0 Å². The molecule has 1 rings (SSSR count). The Kier molecular flexibility index (Phi) is 4.25. The third-order valence-electron chi connectivity index (χ3n) is 2.07. The van der Waals surface area contributed by atoms with Crippen LogP contribution in [0, 0.1) is 0 Å². The third-order valence-corrected chi connectivity index (χ3v) is 2.51. The van der Waals surface area contributed by atoms with Crippen LogP contribution in [0.1, 0.15) is 26.3 Å². The highest BCUT2D eigenvalue weighted by atomic mass is 32.1. The maximum absolute atomic E-state index is 10.1. The average molecular weight is 253 g/mol. The fourth-order valence-corrected chi connectivity index (χ4v) is 1.67. The summed E-state index contributed by atoms with van der Waals surface area (Å²) in [6, 6.07) is 9.45. The lowest BCUT2D eigenvalue weighted by Gasteiger charge is -2.29. The molecule has 0 spiro atoms. The molecule has 0 aliphatic carbocycles. The van der Waals surface area contributed by atoms with E-state index in [4.69, 9.17) is 22.7 Å². The van der Waals surface area contributed by atoms with Crippen molar-refractivity contribution in [3.63, 3.8) is 0 Å². The number of rotatable bonds is 3. The molecule has 0 saturated carbocycles. The van der Waals surface area contributed by atoms with Gasteiger partial charge in [0.25, 0.3) is 0 Å². The molecule has 1 aromatic rings. The molecule has 0 aliphatic rings. The van der Waals surface area contributed by atoms with Gasteiger partial charge in [0, 0.05) is 6.42 Å². The molecule has 0 aliphatic heterocycles. The number of hydrogen-bond donors (Lipinski definition) is 2. The van der Waals surface area contributed by atoms with Crippen LogP contribution in [-0.2, 0) is 11.2 Å². The molecular formula is C13H19NO2S. The molecule has 4 heteroatoms. The predicted molar refractivity (Wildman–Crippen MR) is 72.7 cm³/mol. The summed E-state index contributed by atoms with van der Waals surface area (Å²) in [4.78, 5) is 0. The molecular weight excluding hydrogens is 234 g/mol. The third kappa shape index (κ3) is 4.81. The first kappa shape index (κ1) is 14.1. The zero-order valence-corrected chi connectivity index (χ0v) is 11.3. The molecule has 0 radical (unpaired) electrons. The molecule has 94 valence electrons. The number of ether oxygens (including phenoxy) is 1. The second-order valence-corrected chi connectivity index (χ2v) is 5.46. The van der Waals surface area contributed by atoms with Gasteiger partial charge in [-0.25, -0.2) is 0 Å². The minimum atomic E-state index is -1.62. The highest BCUT2D eigenvalue weighted by molar-refractivity contribution is 7.80. The molecule has 1 aromatic carbocycles. The number of nitrogens with two attached hydrogens (primary N) is 1. The second-order valence-electron chi connectivity index (χ2n) is 5.09. The quantitative estimate of drug-likeness (QED) is 0.639. The van der Waals surface area contributed by atoms with Crippen molar-refractivity contribution < 1.29 is 9.84 Å². The molecule has 0 fully saturated rings. The normalized spacial score (nSPS) is 15.1. The lowest BCUT2D eigenvalue weighted by atomic mass is 10.0. The summed E-state index contributed by atoms with van der Waals surface area (Å²) in [5.41, 5.74) is 4.62. The van der Waals surface area contributed by atoms with Crippen LogP contribution < -0.4 is 5.73 Å². The number of aliphatic hydroxyl groups is 1. The Balaban J connectivity index is 2.72. The number of hydrogen-bond acceptors (Lipinski definition) is 4. The van der Waals surface area contributed by atoms with E-state index in [9.17, 15) is 5.11 Å². The Bertz CT molecular complexity index is 382. The number of benzene rings is 1. The van der Waals surface area contributed by atoms with E-state index in [1.54, 1.807) is 0 Å². The fraction of sp³-hybridized carbons (Fsp3) is 0.462. The molecule has 3 N–H and O–H groups in total. The Hall–Kier alpha value is -0.970. The van der Waals surface area contributed by atoms with E-state index in [0.29, 0.717) is 0 Å². The van der Waals surface area contributed by atoms with Crippen molar-refractivity contribution in [1.82, 2.24) is 0 Å². The maximum Gasteiger partial charge on any atom is 0.208 e. The SMILES string of the molecule is CC(C)(C)OC(=S)[C@](N)(O)Cc1ccccc1. The van der Waals surface area contributed by atoms with Crippen LogP contribution in [0.4, 0.5) is 0 Å². The molecule has 0 bridgehead atoms. The summed E-state index contributed by atoms with van der Waals surface area (Å²) in [7, 11) is 0. The molecule has 0 amide bonds. The molecule has 0 saturated heterocycles. The van der Waals surface area contributed by atoms with Gasteiger partial charge in [0.05, 0.1) is 0 Å². The van der Waals surface area contributed by atoms with Crippen LogP contribution in [-0.4, -0.2) is 21.5 Å². The lowest BCUT2D eigenvalue weighted by molar-refractivity contribution is 0.0460. The van der Waals surface area contributed by atoms with Gasteiger partial charge in [-0.15, -0.1) is 0 Å². The summed E-state index contributed by atoms with van der Waals surface area (Å²) in [6.07, 6.45) is 0.239. The Morgan fingerprint density at radius 3 is 2.29 bits per heavy atom. The van der Waals surface area contributed by atoms with Gasteiger partial charge in [0.1, 0.15) is 5.60 Å². The van der Waals surface area contributed by atoms with Crippen LogP contribution in [0.15, 0.2) is 30.3 Å². The van der Waals surface area contributed by atoms with Gasteiger partial charge in [0.15, 0.2) is 5.72 Å². The van der Waals surface area contributed by atoms with Crippen molar-refractivity contribution in [1.29, 1.82) is 0 Å². The maximum atomic E-state index is 10.1. The van der Waals surface area contributed by atoms with E-state index in [1.807, 2.05) is 51.1 Å². The highest BCUT2D eigenvalue weighted by Crippen LogP contribution is 2.16. The molecule has 17 heavy (non-hydrogen) atoms. The first-order valence-electron chi connectivity index (χ1n) is 5.49. The van der Waals surface area contributed by atoms with Crippen LogP contribution in [0.5, 0.6) is 0 Å². The highest BCUT2D eigenvalue weighted by Gasteiger charge is 2.31. The van der Waals surface area contributed by atoms with Gasteiger partial charge in [0.2, 0.25) is 5.05 Å². The molecule has 0 heterocycles. The minimum absolute atomic E-state index is 0.0221. The van der Waals surface area contributed by atoms with Gasteiger partial charge >= 0.3 is 0 Å². The van der Waals surface area contributed by atoms with Crippen molar-refractivity contribution in [2.45, 2.75) is 38.5 Å². The van der Waals surface area contributed by atoms with Crippen molar-refractivity contribution in [2.24, 2.45) is 5.73 Å². The smallest absolute Gasteiger partial charge is 0.208 e. The minimum Gasteiger partial charge on any atom is -0.478 e. The summed E-state index contributed by atoms with van der Waals surface area (Å²) in [5.74, 6) is 0. The van der Waals surface area contributed by atoms with Crippen LogP contribution in [0.25, 0.3) is 0 Å².